The Bertz CT molecular complexity index is 655. The molecule has 142 valence electrons. The number of hydrogen-bond donors (Lipinski definition) is 1. The van der Waals surface area contributed by atoms with Crippen LogP contribution in [0, 0.1) is 0 Å². The Labute approximate surface area is 153 Å². The third-order valence-electron chi connectivity index (χ3n) is 3.48. The van der Waals surface area contributed by atoms with Gasteiger partial charge in [-0.15, -0.1) is 0 Å². The molecule has 0 saturated carbocycles. The minimum absolute atomic E-state index is 0.250. The number of amidine groups is 1. The molecule has 8 heteroatoms. The molecule has 26 heavy (non-hydrogen) atoms. The van der Waals surface area contributed by atoms with Crippen molar-refractivity contribution in [3.63, 3.8) is 0 Å². The van der Waals surface area contributed by atoms with E-state index < -0.39 is 11.7 Å². The number of methoxy groups -OCH3 is 1. The molecule has 1 aromatic rings. The number of benzene rings is 1. The molecule has 1 N–H and O–H groups in total. The van der Waals surface area contributed by atoms with Gasteiger partial charge in [0.05, 0.1) is 7.11 Å². The zero-order valence-electron chi connectivity index (χ0n) is 15.7. The molecular weight excluding hydrogens is 336 g/mol. The highest BCUT2D eigenvalue weighted by Gasteiger charge is 2.27. The number of ether oxygens (including phenoxy) is 2. The van der Waals surface area contributed by atoms with Crippen molar-refractivity contribution in [2.45, 2.75) is 39.2 Å². The standard InChI is InChI=1S/C18H26N4O4/c1-18(2,3)26-17(24)20-22-13-21(12-8-11-15(23)25-4)19-16(22)14-9-6-5-7-10-14/h5-7,9-10H,8,11-13H2,1-4H3,(H,20,24). The van der Waals surface area contributed by atoms with Gasteiger partial charge in [0.15, 0.2) is 5.84 Å². The van der Waals surface area contributed by atoms with Gasteiger partial charge in [-0.25, -0.2) is 15.2 Å². The van der Waals surface area contributed by atoms with Crippen molar-refractivity contribution in [2.75, 3.05) is 20.3 Å². The lowest BCUT2D eigenvalue weighted by molar-refractivity contribution is -0.140. The van der Waals surface area contributed by atoms with E-state index in [2.05, 4.69) is 15.3 Å². The lowest BCUT2D eigenvalue weighted by atomic mass is 10.2. The number of hydrogen-bond acceptors (Lipinski definition) is 7. The number of carbonyl (C=O) groups excluding carboxylic acids is 2. The molecule has 0 atom stereocenters. The summed E-state index contributed by atoms with van der Waals surface area (Å²) in [5.74, 6) is 0.370. The zero-order valence-corrected chi connectivity index (χ0v) is 15.7. The zero-order chi connectivity index (χ0) is 19.2. The summed E-state index contributed by atoms with van der Waals surface area (Å²) in [6.45, 7) is 6.36. The predicted octanol–water partition coefficient (Wildman–Crippen LogP) is 2.32. The Morgan fingerprint density at radius 1 is 1.23 bits per heavy atom. The molecule has 1 aliphatic rings. The third kappa shape index (κ3) is 5.94. The Hall–Kier alpha value is -2.77. The van der Waals surface area contributed by atoms with Gasteiger partial charge in [0.25, 0.3) is 0 Å². The van der Waals surface area contributed by atoms with Crippen LogP contribution in [0.25, 0.3) is 0 Å². The lowest BCUT2D eigenvalue weighted by Crippen LogP contribution is -2.47. The van der Waals surface area contributed by atoms with E-state index in [4.69, 9.17) is 4.74 Å². The molecule has 0 unspecified atom stereocenters. The first kappa shape index (κ1) is 19.6. The molecule has 0 fully saturated rings. The van der Waals surface area contributed by atoms with Crippen LogP contribution in [0.3, 0.4) is 0 Å². The van der Waals surface area contributed by atoms with Crippen molar-refractivity contribution in [1.82, 2.24) is 15.4 Å². The number of hydrazone groups is 1. The van der Waals surface area contributed by atoms with Crippen molar-refractivity contribution in [3.8, 4) is 0 Å². The van der Waals surface area contributed by atoms with Gasteiger partial charge in [0.2, 0.25) is 0 Å². The van der Waals surface area contributed by atoms with Gasteiger partial charge in [-0.1, -0.05) is 30.3 Å². The van der Waals surface area contributed by atoms with Gasteiger partial charge in [-0.3, -0.25) is 9.80 Å². The van der Waals surface area contributed by atoms with Crippen molar-refractivity contribution < 1.29 is 19.1 Å². The van der Waals surface area contributed by atoms with Crippen LogP contribution in [0.2, 0.25) is 0 Å². The van der Waals surface area contributed by atoms with Crippen LogP contribution in [0.15, 0.2) is 35.4 Å². The highest BCUT2D eigenvalue weighted by Crippen LogP contribution is 2.15. The van der Waals surface area contributed by atoms with E-state index in [1.54, 1.807) is 10.0 Å². The minimum Gasteiger partial charge on any atom is -0.469 e. The summed E-state index contributed by atoms with van der Waals surface area (Å²) < 4.78 is 9.97. The first-order chi connectivity index (χ1) is 12.3. The molecule has 1 aliphatic heterocycles. The van der Waals surface area contributed by atoms with E-state index in [9.17, 15) is 9.59 Å². The van der Waals surface area contributed by atoms with E-state index in [0.29, 0.717) is 31.9 Å². The summed E-state index contributed by atoms with van der Waals surface area (Å²) in [5.41, 5.74) is 3.02. The molecule has 0 bridgehead atoms. The summed E-state index contributed by atoms with van der Waals surface area (Å²) in [6, 6.07) is 9.56. The molecule has 1 amide bonds. The fourth-order valence-electron chi connectivity index (χ4n) is 2.38. The van der Waals surface area contributed by atoms with Gasteiger partial charge in [-0.05, 0) is 27.2 Å². The fraction of sp³-hybridized carbons (Fsp3) is 0.500. The summed E-state index contributed by atoms with van der Waals surface area (Å²) >= 11 is 0. The molecule has 2 rings (SSSR count). The van der Waals surface area contributed by atoms with Crippen molar-refractivity contribution in [2.24, 2.45) is 5.10 Å². The average molecular weight is 362 g/mol. The van der Waals surface area contributed by atoms with Crippen LogP contribution in [0.4, 0.5) is 4.79 Å². The molecule has 0 aliphatic carbocycles. The number of carbonyl (C=O) groups is 2. The number of nitrogens with one attached hydrogen (secondary N) is 1. The topological polar surface area (TPSA) is 83.5 Å². The quantitative estimate of drug-likeness (QED) is 0.782. The van der Waals surface area contributed by atoms with Gasteiger partial charge >= 0.3 is 12.1 Å². The largest absolute Gasteiger partial charge is 0.469 e. The average Bonchev–Trinajstić information content (AvgIpc) is 2.96. The van der Waals surface area contributed by atoms with Crippen molar-refractivity contribution >= 4 is 17.9 Å². The maximum Gasteiger partial charge on any atom is 0.426 e. The monoisotopic (exact) mass is 362 g/mol. The Balaban J connectivity index is 2.05. The first-order valence-corrected chi connectivity index (χ1v) is 8.51. The number of amides is 1. The fourth-order valence-corrected chi connectivity index (χ4v) is 2.38. The maximum absolute atomic E-state index is 12.1. The highest BCUT2D eigenvalue weighted by molar-refractivity contribution is 5.99. The molecule has 0 spiro atoms. The van der Waals surface area contributed by atoms with E-state index in [0.717, 1.165) is 5.56 Å². The number of hydrazine groups is 1. The van der Waals surface area contributed by atoms with E-state index >= 15 is 0 Å². The minimum atomic E-state index is -0.589. The third-order valence-corrected chi connectivity index (χ3v) is 3.48. The Kier molecular flexibility index (Phi) is 6.43. The Morgan fingerprint density at radius 2 is 1.92 bits per heavy atom. The lowest BCUT2D eigenvalue weighted by Gasteiger charge is -2.25. The molecule has 0 saturated heterocycles. The van der Waals surface area contributed by atoms with E-state index in [1.807, 2.05) is 51.1 Å². The second-order valence-corrected chi connectivity index (χ2v) is 6.88. The van der Waals surface area contributed by atoms with Crippen LogP contribution in [0.1, 0.15) is 39.2 Å². The number of nitrogens with zero attached hydrogens (tertiary/aromatic N) is 3. The summed E-state index contributed by atoms with van der Waals surface area (Å²) in [6.07, 6.45) is 0.388. The van der Waals surface area contributed by atoms with Gasteiger partial charge in [-0.2, -0.15) is 5.10 Å². The normalized spacial score (nSPS) is 14.1. The Morgan fingerprint density at radius 3 is 2.54 bits per heavy atom. The van der Waals surface area contributed by atoms with Gasteiger partial charge in [0.1, 0.15) is 12.3 Å². The van der Waals surface area contributed by atoms with Gasteiger partial charge < -0.3 is 9.47 Å². The smallest absolute Gasteiger partial charge is 0.426 e. The van der Waals surface area contributed by atoms with Crippen molar-refractivity contribution in [3.05, 3.63) is 35.9 Å². The molecule has 1 heterocycles. The molecular formula is C18H26N4O4. The van der Waals surface area contributed by atoms with Crippen LogP contribution >= 0.6 is 0 Å². The van der Waals surface area contributed by atoms with Crippen LogP contribution in [-0.2, 0) is 14.3 Å². The van der Waals surface area contributed by atoms with Gasteiger partial charge in [0, 0.05) is 18.5 Å². The summed E-state index contributed by atoms with van der Waals surface area (Å²) in [7, 11) is 1.37. The van der Waals surface area contributed by atoms with Crippen molar-refractivity contribution in [1.29, 1.82) is 0 Å². The highest BCUT2D eigenvalue weighted by atomic mass is 16.6. The molecule has 0 aromatic heterocycles. The number of rotatable bonds is 6. The predicted molar refractivity (Wildman–Crippen MR) is 97.0 cm³/mol. The van der Waals surface area contributed by atoms with Crippen LogP contribution in [-0.4, -0.2) is 53.8 Å². The second-order valence-electron chi connectivity index (χ2n) is 6.88. The van der Waals surface area contributed by atoms with Crippen LogP contribution < -0.4 is 5.43 Å². The SMILES string of the molecule is COC(=O)CCCN1CN(NC(=O)OC(C)(C)C)C(c2ccccc2)=N1. The first-order valence-electron chi connectivity index (χ1n) is 8.51. The number of esters is 1. The molecule has 1 aromatic carbocycles. The van der Waals surface area contributed by atoms with E-state index in [-0.39, 0.29) is 5.97 Å². The summed E-state index contributed by atoms with van der Waals surface area (Å²) in [4.78, 5) is 23.4. The molecule has 0 radical (unpaired) electrons. The van der Waals surface area contributed by atoms with Crippen LogP contribution in [0.5, 0.6) is 0 Å². The summed E-state index contributed by atoms with van der Waals surface area (Å²) in [5, 5.41) is 8.00. The van der Waals surface area contributed by atoms with E-state index in [1.165, 1.54) is 7.11 Å². The maximum atomic E-state index is 12.1. The second kappa shape index (κ2) is 8.55. The molecule has 8 nitrogen and oxygen atoms in total.